The predicted octanol–water partition coefficient (Wildman–Crippen LogP) is 1.75. The summed E-state index contributed by atoms with van der Waals surface area (Å²) in [5, 5.41) is 4.27. The van der Waals surface area contributed by atoms with Crippen molar-refractivity contribution >= 4 is 0 Å². The maximum Gasteiger partial charge on any atom is 0.0275 e. The van der Waals surface area contributed by atoms with E-state index in [2.05, 4.69) is 32.8 Å². The van der Waals surface area contributed by atoms with Crippen molar-refractivity contribution in [2.75, 3.05) is 19.6 Å². The number of nitrogens with zero attached hydrogens (tertiary/aromatic N) is 2. The second kappa shape index (κ2) is 5.69. The molecule has 0 rings (SSSR count). The molecule has 0 aliphatic rings. The Kier molecular flexibility index (Phi) is 5.64. The third-order valence-electron chi connectivity index (χ3n) is 1.61. The fourth-order valence-corrected chi connectivity index (χ4v) is 1.02. The van der Waals surface area contributed by atoms with Crippen LogP contribution in [0.3, 0.4) is 0 Å². The molecule has 0 aromatic heterocycles. The first-order valence-corrected chi connectivity index (χ1v) is 4.09. The van der Waals surface area contributed by atoms with E-state index in [1.165, 1.54) is 6.42 Å². The van der Waals surface area contributed by atoms with Crippen molar-refractivity contribution in [2.45, 2.75) is 27.2 Å². The first-order chi connectivity index (χ1) is 4.76. The van der Waals surface area contributed by atoms with Crippen LogP contribution in [0.5, 0.6) is 0 Å². The first kappa shape index (κ1) is 9.92. The van der Waals surface area contributed by atoms with Gasteiger partial charge in [-0.1, -0.05) is 20.8 Å². The zero-order chi connectivity index (χ0) is 7.98. The fraction of sp³-hybridized carbons (Fsp3) is 0.875. The van der Waals surface area contributed by atoms with Crippen LogP contribution in [0.2, 0.25) is 0 Å². The molecule has 0 bridgehead atoms. The van der Waals surface area contributed by atoms with Crippen molar-refractivity contribution in [3.8, 4) is 0 Å². The summed E-state index contributed by atoms with van der Waals surface area (Å²) in [6.45, 7) is 9.64. The molecule has 2 heteroatoms. The van der Waals surface area contributed by atoms with Gasteiger partial charge in [0, 0.05) is 26.7 Å². The molecule has 0 fully saturated rings. The van der Waals surface area contributed by atoms with Crippen LogP contribution >= 0.6 is 0 Å². The third kappa shape index (κ3) is 3.18. The summed E-state index contributed by atoms with van der Waals surface area (Å²) in [4.78, 5) is 0. The highest BCUT2D eigenvalue weighted by Crippen LogP contribution is 1.95. The van der Waals surface area contributed by atoms with E-state index in [1.807, 2.05) is 5.01 Å². The summed E-state index contributed by atoms with van der Waals surface area (Å²) in [6.07, 6.45) is 1.17. The van der Waals surface area contributed by atoms with Crippen LogP contribution in [0.25, 0.3) is 0 Å². The van der Waals surface area contributed by atoms with E-state index in [0.717, 1.165) is 19.6 Å². The van der Waals surface area contributed by atoms with E-state index in [-0.39, 0.29) is 0 Å². The van der Waals surface area contributed by atoms with Gasteiger partial charge in [-0.05, 0) is 6.42 Å². The molecule has 0 aromatic rings. The van der Waals surface area contributed by atoms with Gasteiger partial charge in [0.05, 0.1) is 0 Å². The molecule has 0 saturated heterocycles. The Hall–Kier alpha value is -0.0800. The van der Waals surface area contributed by atoms with Crippen molar-refractivity contribution in [1.82, 2.24) is 10.0 Å². The molecular formula is C8H19N2. The molecule has 10 heavy (non-hydrogen) atoms. The summed E-state index contributed by atoms with van der Waals surface area (Å²) >= 11 is 0. The van der Waals surface area contributed by atoms with E-state index in [9.17, 15) is 0 Å². The minimum absolute atomic E-state index is 1.06. The van der Waals surface area contributed by atoms with Gasteiger partial charge < -0.3 is 0 Å². The lowest BCUT2D eigenvalue weighted by molar-refractivity contribution is 0.0293. The zero-order valence-electron chi connectivity index (χ0n) is 7.43. The van der Waals surface area contributed by atoms with Crippen molar-refractivity contribution in [1.29, 1.82) is 0 Å². The molecule has 0 N–H and O–H groups in total. The van der Waals surface area contributed by atoms with E-state index in [1.54, 1.807) is 0 Å². The molecular weight excluding hydrogens is 124 g/mol. The molecule has 0 atom stereocenters. The second-order valence-corrected chi connectivity index (χ2v) is 2.37. The number of rotatable bonds is 5. The Morgan fingerprint density at radius 2 is 1.60 bits per heavy atom. The van der Waals surface area contributed by atoms with Crippen LogP contribution < -0.4 is 0 Å². The van der Waals surface area contributed by atoms with E-state index >= 15 is 0 Å². The van der Waals surface area contributed by atoms with Crippen molar-refractivity contribution < 1.29 is 0 Å². The van der Waals surface area contributed by atoms with Crippen LogP contribution in [0, 0.1) is 7.05 Å². The van der Waals surface area contributed by atoms with E-state index < -0.39 is 0 Å². The lowest BCUT2D eigenvalue weighted by atomic mass is 10.5. The molecule has 0 aromatic carbocycles. The Morgan fingerprint density at radius 1 is 1.10 bits per heavy atom. The fourth-order valence-electron chi connectivity index (χ4n) is 1.02. The second-order valence-electron chi connectivity index (χ2n) is 2.37. The lowest BCUT2D eigenvalue weighted by Crippen LogP contribution is -2.38. The molecule has 0 aliphatic carbocycles. The summed E-state index contributed by atoms with van der Waals surface area (Å²) in [5.41, 5.74) is 0. The topological polar surface area (TPSA) is 6.48 Å². The van der Waals surface area contributed by atoms with E-state index in [0.29, 0.717) is 0 Å². The Balaban J connectivity index is 3.53. The van der Waals surface area contributed by atoms with Gasteiger partial charge in [-0.2, -0.15) is 0 Å². The molecule has 61 valence electrons. The highest BCUT2D eigenvalue weighted by Gasteiger charge is 2.03. The van der Waals surface area contributed by atoms with Gasteiger partial charge in [0.25, 0.3) is 0 Å². The maximum atomic E-state index is 3.93. The van der Waals surface area contributed by atoms with Crippen LogP contribution in [0.1, 0.15) is 27.2 Å². The SMILES string of the molecule is [CH2]N(CCC)N(CC)CC. The molecule has 2 nitrogen and oxygen atoms in total. The van der Waals surface area contributed by atoms with E-state index in [4.69, 9.17) is 0 Å². The van der Waals surface area contributed by atoms with Gasteiger partial charge in [-0.15, -0.1) is 0 Å². The standard InChI is InChI=1S/C8H19N2/c1-5-8-9(4)10(6-2)7-3/h4-8H2,1-3H3. The van der Waals surface area contributed by atoms with Gasteiger partial charge in [-0.25, -0.2) is 10.0 Å². The van der Waals surface area contributed by atoms with Gasteiger partial charge in [-0.3, -0.25) is 0 Å². The van der Waals surface area contributed by atoms with Crippen molar-refractivity contribution in [2.24, 2.45) is 0 Å². The number of hydrogen-bond donors (Lipinski definition) is 0. The van der Waals surface area contributed by atoms with Gasteiger partial charge in [0.1, 0.15) is 0 Å². The van der Waals surface area contributed by atoms with Gasteiger partial charge in [0.2, 0.25) is 0 Å². The highest BCUT2D eigenvalue weighted by atomic mass is 15.6. The van der Waals surface area contributed by atoms with Crippen LogP contribution in [-0.2, 0) is 0 Å². The highest BCUT2D eigenvalue weighted by molar-refractivity contribution is 4.51. The predicted molar refractivity (Wildman–Crippen MR) is 45.3 cm³/mol. The summed E-state index contributed by atoms with van der Waals surface area (Å²) in [7, 11) is 3.93. The van der Waals surface area contributed by atoms with Crippen LogP contribution in [0.4, 0.5) is 0 Å². The normalized spacial score (nSPS) is 11.4. The van der Waals surface area contributed by atoms with Gasteiger partial charge in [0.15, 0.2) is 0 Å². The largest absolute Gasteiger partial charge is 0.242 e. The zero-order valence-corrected chi connectivity index (χ0v) is 7.43. The lowest BCUT2D eigenvalue weighted by Gasteiger charge is -2.28. The van der Waals surface area contributed by atoms with Crippen LogP contribution in [-0.4, -0.2) is 29.7 Å². The van der Waals surface area contributed by atoms with Crippen LogP contribution in [0.15, 0.2) is 0 Å². The van der Waals surface area contributed by atoms with Crippen molar-refractivity contribution in [3.63, 3.8) is 0 Å². The average Bonchev–Trinajstić information content (AvgIpc) is 1.91. The Bertz CT molecular complexity index is 69.7. The number of hydrogen-bond acceptors (Lipinski definition) is 2. The molecule has 0 heterocycles. The third-order valence-corrected chi connectivity index (χ3v) is 1.61. The quantitative estimate of drug-likeness (QED) is 0.541. The average molecular weight is 143 g/mol. The first-order valence-electron chi connectivity index (χ1n) is 4.09. The smallest absolute Gasteiger partial charge is 0.0275 e. The number of hydrazine groups is 1. The minimum atomic E-state index is 1.06. The summed E-state index contributed by atoms with van der Waals surface area (Å²) in [5.74, 6) is 0. The Labute approximate surface area is 64.8 Å². The molecule has 0 amide bonds. The summed E-state index contributed by atoms with van der Waals surface area (Å²) in [6, 6.07) is 0. The Morgan fingerprint density at radius 3 is 1.90 bits per heavy atom. The van der Waals surface area contributed by atoms with Crippen molar-refractivity contribution in [3.05, 3.63) is 7.05 Å². The minimum Gasteiger partial charge on any atom is -0.242 e. The molecule has 0 spiro atoms. The molecule has 0 saturated carbocycles. The summed E-state index contributed by atoms with van der Waals surface area (Å²) < 4.78 is 0. The molecule has 0 aliphatic heterocycles. The molecule has 0 unspecified atom stereocenters. The monoisotopic (exact) mass is 143 g/mol. The van der Waals surface area contributed by atoms with Gasteiger partial charge >= 0.3 is 0 Å². The maximum absolute atomic E-state index is 3.93. The molecule has 1 radical (unpaired) electrons.